The predicted octanol–water partition coefficient (Wildman–Crippen LogP) is 4.36. The van der Waals surface area contributed by atoms with Crippen molar-refractivity contribution in [3.63, 3.8) is 0 Å². The highest BCUT2D eigenvalue weighted by Crippen LogP contribution is 2.36. The molecule has 0 radical (unpaired) electrons. The molecule has 4 aromatic rings. The number of para-hydroxylation sites is 1. The van der Waals surface area contributed by atoms with Gasteiger partial charge in [-0.25, -0.2) is 5.43 Å². The second kappa shape index (κ2) is 7.81. The molecule has 0 saturated heterocycles. The lowest BCUT2D eigenvalue weighted by molar-refractivity contribution is -0.119. The molecule has 158 valence electrons. The maximum absolute atomic E-state index is 12.8. The molecule has 1 aromatic heterocycles. The van der Waals surface area contributed by atoms with Gasteiger partial charge >= 0.3 is 0 Å². The number of carbonyl (C=O) groups excluding carboxylic acids is 2. The SMILES string of the molecule is Cc1cc(/C=N/NC(=O)CN2C(=O)c3cccc4cccc2c34)c(C)n1-c1ccccc1. The van der Waals surface area contributed by atoms with Crippen molar-refractivity contribution >= 4 is 34.5 Å². The van der Waals surface area contributed by atoms with Crippen LogP contribution in [0.15, 0.2) is 77.9 Å². The third-order valence-electron chi connectivity index (χ3n) is 5.83. The van der Waals surface area contributed by atoms with Gasteiger partial charge in [0.25, 0.3) is 11.8 Å². The molecular formula is C26H22N4O2. The van der Waals surface area contributed by atoms with Crippen LogP contribution in [0.3, 0.4) is 0 Å². The van der Waals surface area contributed by atoms with E-state index in [-0.39, 0.29) is 18.4 Å². The Morgan fingerprint density at radius 3 is 2.53 bits per heavy atom. The van der Waals surface area contributed by atoms with Gasteiger partial charge in [-0.2, -0.15) is 5.10 Å². The van der Waals surface area contributed by atoms with Crippen molar-refractivity contribution in [2.24, 2.45) is 5.10 Å². The number of anilines is 1. The van der Waals surface area contributed by atoms with E-state index >= 15 is 0 Å². The highest BCUT2D eigenvalue weighted by atomic mass is 16.2. The summed E-state index contributed by atoms with van der Waals surface area (Å²) >= 11 is 0. The summed E-state index contributed by atoms with van der Waals surface area (Å²) < 4.78 is 2.14. The average Bonchev–Trinajstić information content (AvgIpc) is 3.24. The van der Waals surface area contributed by atoms with Crippen molar-refractivity contribution in [3.05, 3.63) is 95.3 Å². The second-order valence-electron chi connectivity index (χ2n) is 7.86. The van der Waals surface area contributed by atoms with Crippen LogP contribution in [0, 0.1) is 13.8 Å². The summed E-state index contributed by atoms with van der Waals surface area (Å²) in [5.41, 5.74) is 8.05. The summed E-state index contributed by atoms with van der Waals surface area (Å²) in [5.74, 6) is -0.515. The van der Waals surface area contributed by atoms with Crippen LogP contribution in [0.2, 0.25) is 0 Å². The van der Waals surface area contributed by atoms with Crippen molar-refractivity contribution in [2.45, 2.75) is 13.8 Å². The number of aromatic nitrogens is 1. The molecule has 5 rings (SSSR count). The number of benzene rings is 3. The first-order chi connectivity index (χ1) is 15.5. The quantitative estimate of drug-likeness (QED) is 0.384. The van der Waals surface area contributed by atoms with E-state index in [1.54, 1.807) is 12.3 Å². The molecular weight excluding hydrogens is 400 g/mol. The minimum atomic E-state index is -0.351. The molecule has 0 bridgehead atoms. The molecule has 0 unspecified atom stereocenters. The van der Waals surface area contributed by atoms with Crippen LogP contribution < -0.4 is 10.3 Å². The molecule has 0 aliphatic carbocycles. The minimum absolute atomic E-state index is 0.0903. The molecule has 1 N–H and O–H groups in total. The Labute approximate surface area is 185 Å². The van der Waals surface area contributed by atoms with Crippen LogP contribution >= 0.6 is 0 Å². The maximum atomic E-state index is 12.8. The van der Waals surface area contributed by atoms with Crippen molar-refractivity contribution in [1.82, 2.24) is 9.99 Å². The fraction of sp³-hybridized carbons (Fsp3) is 0.115. The van der Waals surface area contributed by atoms with Gasteiger partial charge in [-0.1, -0.05) is 42.5 Å². The number of amides is 2. The van der Waals surface area contributed by atoms with Gasteiger partial charge in [0.1, 0.15) is 6.54 Å². The van der Waals surface area contributed by atoms with Gasteiger partial charge in [0.05, 0.1) is 11.9 Å². The van der Waals surface area contributed by atoms with Crippen LogP contribution in [0.25, 0.3) is 16.5 Å². The third-order valence-corrected chi connectivity index (χ3v) is 5.83. The molecule has 32 heavy (non-hydrogen) atoms. The Morgan fingerprint density at radius 2 is 1.75 bits per heavy atom. The number of rotatable bonds is 5. The zero-order chi connectivity index (χ0) is 22.2. The van der Waals surface area contributed by atoms with Crippen LogP contribution in [-0.2, 0) is 4.79 Å². The third kappa shape index (κ3) is 3.26. The van der Waals surface area contributed by atoms with Crippen LogP contribution in [-0.4, -0.2) is 29.1 Å². The number of hydrogen-bond acceptors (Lipinski definition) is 3. The van der Waals surface area contributed by atoms with E-state index in [1.807, 2.05) is 80.6 Å². The van der Waals surface area contributed by atoms with Gasteiger partial charge in [-0.3, -0.25) is 14.5 Å². The minimum Gasteiger partial charge on any atom is -0.318 e. The molecule has 2 amide bonds. The van der Waals surface area contributed by atoms with Crippen molar-refractivity contribution in [2.75, 3.05) is 11.4 Å². The zero-order valence-electron chi connectivity index (χ0n) is 17.9. The second-order valence-corrected chi connectivity index (χ2v) is 7.86. The van der Waals surface area contributed by atoms with Crippen molar-refractivity contribution < 1.29 is 9.59 Å². The van der Waals surface area contributed by atoms with Crippen molar-refractivity contribution in [1.29, 1.82) is 0 Å². The monoisotopic (exact) mass is 422 g/mol. The highest BCUT2D eigenvalue weighted by Gasteiger charge is 2.30. The highest BCUT2D eigenvalue weighted by molar-refractivity contribution is 6.26. The molecule has 1 aliphatic rings. The number of nitrogens with zero attached hydrogens (tertiary/aromatic N) is 3. The Balaban J connectivity index is 1.31. The lowest BCUT2D eigenvalue weighted by Gasteiger charge is -2.16. The predicted molar refractivity (Wildman–Crippen MR) is 127 cm³/mol. The van der Waals surface area contributed by atoms with Gasteiger partial charge in [0.2, 0.25) is 0 Å². The first-order valence-electron chi connectivity index (χ1n) is 10.4. The summed E-state index contributed by atoms with van der Waals surface area (Å²) in [7, 11) is 0. The Hall–Kier alpha value is -4.19. The van der Waals surface area contributed by atoms with Crippen LogP contribution in [0.4, 0.5) is 5.69 Å². The molecule has 2 heterocycles. The van der Waals surface area contributed by atoms with E-state index in [1.165, 1.54) is 4.90 Å². The summed E-state index contributed by atoms with van der Waals surface area (Å²) in [5, 5.41) is 6.02. The first-order valence-corrected chi connectivity index (χ1v) is 10.4. The van der Waals surface area contributed by atoms with Gasteiger partial charge in [-0.05, 0) is 49.6 Å². The topological polar surface area (TPSA) is 66.7 Å². The normalized spacial score (nSPS) is 12.8. The number of nitrogens with one attached hydrogen (secondary N) is 1. The molecule has 3 aromatic carbocycles. The summed E-state index contributed by atoms with van der Waals surface area (Å²) in [6, 6.07) is 23.5. The summed E-state index contributed by atoms with van der Waals surface area (Å²) in [4.78, 5) is 26.9. The largest absolute Gasteiger partial charge is 0.318 e. The van der Waals surface area contributed by atoms with E-state index < -0.39 is 0 Å². The average molecular weight is 422 g/mol. The summed E-state index contributed by atoms with van der Waals surface area (Å²) in [6.07, 6.45) is 1.64. The molecule has 1 aliphatic heterocycles. The van der Waals surface area contributed by atoms with Gasteiger partial charge in [-0.15, -0.1) is 0 Å². The Bertz CT molecular complexity index is 1380. The van der Waals surface area contributed by atoms with Crippen molar-refractivity contribution in [3.8, 4) is 5.69 Å². The van der Waals surface area contributed by atoms with E-state index in [9.17, 15) is 9.59 Å². The molecule has 0 atom stereocenters. The Morgan fingerprint density at radius 1 is 1.00 bits per heavy atom. The zero-order valence-corrected chi connectivity index (χ0v) is 17.9. The number of hydrazone groups is 1. The molecule has 6 nitrogen and oxygen atoms in total. The van der Waals surface area contributed by atoms with Gasteiger partial charge < -0.3 is 4.57 Å². The molecule has 6 heteroatoms. The smallest absolute Gasteiger partial charge is 0.260 e. The number of carbonyl (C=O) groups is 2. The van der Waals surface area contributed by atoms with E-state index in [2.05, 4.69) is 15.1 Å². The lowest BCUT2D eigenvalue weighted by atomic mass is 10.1. The van der Waals surface area contributed by atoms with Gasteiger partial charge in [0, 0.05) is 33.6 Å². The van der Waals surface area contributed by atoms with Crippen LogP contribution in [0.5, 0.6) is 0 Å². The van der Waals surface area contributed by atoms with E-state index in [0.29, 0.717) is 5.56 Å². The first kappa shape index (κ1) is 19.8. The number of hydrogen-bond donors (Lipinski definition) is 1. The summed E-state index contributed by atoms with van der Waals surface area (Å²) in [6.45, 7) is 3.96. The van der Waals surface area contributed by atoms with E-state index in [0.717, 1.165) is 39.1 Å². The standard InChI is InChI=1S/C26H22N4O2/c1-17-14-20(18(2)30(17)21-10-4-3-5-11-21)15-27-28-24(31)16-29-23-13-7-9-19-8-6-12-22(25(19)23)26(29)32/h3-15H,16H2,1-2H3,(H,28,31)/b27-15+. The molecule has 0 spiro atoms. The molecule has 0 fully saturated rings. The van der Waals surface area contributed by atoms with Gasteiger partial charge in [0.15, 0.2) is 0 Å². The molecule has 0 saturated carbocycles. The number of aryl methyl sites for hydroxylation is 1. The Kier molecular flexibility index (Phi) is 4.82. The maximum Gasteiger partial charge on any atom is 0.260 e. The fourth-order valence-corrected chi connectivity index (χ4v) is 4.38. The van der Waals surface area contributed by atoms with E-state index in [4.69, 9.17) is 0 Å². The lowest BCUT2D eigenvalue weighted by Crippen LogP contribution is -2.37. The van der Waals surface area contributed by atoms with Crippen LogP contribution in [0.1, 0.15) is 27.3 Å². The fourth-order valence-electron chi connectivity index (χ4n) is 4.38.